The molecule has 0 aliphatic heterocycles. The summed E-state index contributed by atoms with van der Waals surface area (Å²) in [5.41, 5.74) is 0. The highest BCUT2D eigenvalue weighted by atomic mass is 32.1. The van der Waals surface area contributed by atoms with Crippen LogP contribution in [0.3, 0.4) is 0 Å². The topological polar surface area (TPSA) is 37.8 Å². The van der Waals surface area contributed by atoms with Crippen LogP contribution in [-0.4, -0.2) is 23.8 Å². The number of hydrogen-bond acceptors (Lipinski definition) is 4. The van der Waals surface area contributed by atoms with E-state index in [9.17, 15) is 0 Å². The van der Waals surface area contributed by atoms with Gasteiger partial charge in [0, 0.05) is 12.8 Å². The minimum Gasteiger partial charge on any atom is -0.320 e. The second-order valence-corrected chi connectivity index (χ2v) is 6.49. The van der Waals surface area contributed by atoms with Crippen LogP contribution in [0.1, 0.15) is 55.0 Å². The lowest BCUT2D eigenvalue weighted by atomic mass is 9.86. The van der Waals surface area contributed by atoms with E-state index in [1.54, 1.807) is 0 Å². The zero-order valence-electron chi connectivity index (χ0n) is 11.5. The number of nitrogens with zero attached hydrogens (tertiary/aromatic N) is 2. The van der Waals surface area contributed by atoms with E-state index >= 15 is 0 Å². The average Bonchev–Trinajstić information content (AvgIpc) is 2.86. The molecule has 0 amide bonds. The third-order valence-electron chi connectivity index (χ3n) is 3.82. The Morgan fingerprint density at radius 3 is 2.56 bits per heavy atom. The van der Waals surface area contributed by atoms with Gasteiger partial charge < -0.3 is 5.32 Å². The molecule has 3 nitrogen and oxygen atoms in total. The predicted octanol–water partition coefficient (Wildman–Crippen LogP) is 3.20. The molecule has 2 rings (SSSR count). The molecule has 1 aliphatic carbocycles. The van der Waals surface area contributed by atoms with Gasteiger partial charge in [0.1, 0.15) is 10.0 Å². The van der Waals surface area contributed by atoms with Crippen molar-refractivity contribution in [3.63, 3.8) is 0 Å². The maximum atomic E-state index is 4.33. The summed E-state index contributed by atoms with van der Waals surface area (Å²) in [5.74, 6) is 0.954. The highest BCUT2D eigenvalue weighted by Crippen LogP contribution is 2.28. The Labute approximate surface area is 114 Å². The Morgan fingerprint density at radius 1 is 1.11 bits per heavy atom. The van der Waals surface area contributed by atoms with Crippen molar-refractivity contribution in [2.75, 3.05) is 13.6 Å². The first kappa shape index (κ1) is 13.9. The quantitative estimate of drug-likeness (QED) is 0.771. The molecule has 1 aliphatic rings. The minimum atomic E-state index is 0.954. The largest absolute Gasteiger partial charge is 0.320 e. The summed E-state index contributed by atoms with van der Waals surface area (Å²) in [6.45, 7) is 1.07. The molecule has 1 aromatic rings. The van der Waals surface area contributed by atoms with Crippen LogP contribution in [0.15, 0.2) is 0 Å². The maximum absolute atomic E-state index is 4.33. The SMILES string of the molecule is CNCCCc1nnc(CCC2CCCCC2)s1. The molecule has 0 aromatic carbocycles. The molecule has 18 heavy (non-hydrogen) atoms. The Bertz CT molecular complexity index is 332. The van der Waals surface area contributed by atoms with Crippen molar-refractivity contribution >= 4 is 11.3 Å². The first-order chi connectivity index (χ1) is 8.88. The number of aromatic nitrogens is 2. The van der Waals surface area contributed by atoms with Crippen LogP contribution in [0.25, 0.3) is 0 Å². The molecule has 1 saturated carbocycles. The van der Waals surface area contributed by atoms with Crippen LogP contribution in [0.5, 0.6) is 0 Å². The number of nitrogens with one attached hydrogen (secondary N) is 1. The number of rotatable bonds is 7. The molecule has 0 unspecified atom stereocenters. The molecule has 0 radical (unpaired) electrons. The lowest BCUT2D eigenvalue weighted by molar-refractivity contribution is 0.339. The fourth-order valence-corrected chi connectivity index (χ4v) is 3.61. The van der Waals surface area contributed by atoms with Gasteiger partial charge in [-0.2, -0.15) is 0 Å². The van der Waals surface area contributed by atoms with Crippen LogP contribution in [0.4, 0.5) is 0 Å². The van der Waals surface area contributed by atoms with Gasteiger partial charge >= 0.3 is 0 Å². The summed E-state index contributed by atoms with van der Waals surface area (Å²) in [4.78, 5) is 0. The van der Waals surface area contributed by atoms with Gasteiger partial charge in [-0.1, -0.05) is 32.1 Å². The molecule has 0 atom stereocenters. The molecule has 102 valence electrons. The van der Waals surface area contributed by atoms with E-state index in [0.29, 0.717) is 0 Å². The molecule has 1 aromatic heterocycles. The van der Waals surface area contributed by atoms with Gasteiger partial charge in [0.25, 0.3) is 0 Å². The number of aryl methyl sites for hydroxylation is 2. The van der Waals surface area contributed by atoms with E-state index in [1.807, 2.05) is 18.4 Å². The zero-order chi connectivity index (χ0) is 12.6. The molecule has 1 heterocycles. The van der Waals surface area contributed by atoms with Gasteiger partial charge in [0.15, 0.2) is 0 Å². The van der Waals surface area contributed by atoms with Crippen molar-refractivity contribution in [2.45, 2.75) is 57.8 Å². The van der Waals surface area contributed by atoms with Crippen LogP contribution in [-0.2, 0) is 12.8 Å². The van der Waals surface area contributed by atoms with E-state index in [1.165, 1.54) is 48.5 Å². The first-order valence-corrected chi connectivity index (χ1v) is 8.16. The minimum absolute atomic E-state index is 0.954. The van der Waals surface area contributed by atoms with Crippen molar-refractivity contribution < 1.29 is 0 Å². The molecular formula is C14H25N3S. The van der Waals surface area contributed by atoms with Gasteiger partial charge in [-0.3, -0.25) is 0 Å². The fourth-order valence-electron chi connectivity index (χ4n) is 2.71. The van der Waals surface area contributed by atoms with Crippen molar-refractivity contribution in [1.29, 1.82) is 0 Å². The molecule has 4 heteroatoms. The summed E-state index contributed by atoms with van der Waals surface area (Å²) in [6.07, 6.45) is 11.9. The molecule has 1 N–H and O–H groups in total. The van der Waals surface area contributed by atoms with Crippen molar-refractivity contribution in [3.8, 4) is 0 Å². The van der Waals surface area contributed by atoms with Crippen molar-refractivity contribution in [2.24, 2.45) is 5.92 Å². The van der Waals surface area contributed by atoms with E-state index in [0.717, 1.165) is 31.7 Å². The van der Waals surface area contributed by atoms with Crippen LogP contribution in [0.2, 0.25) is 0 Å². The maximum Gasteiger partial charge on any atom is 0.117 e. The summed E-state index contributed by atoms with van der Waals surface area (Å²) in [6, 6.07) is 0. The second-order valence-electron chi connectivity index (χ2n) is 5.34. The highest BCUT2D eigenvalue weighted by Gasteiger charge is 2.14. The Kier molecular flexibility index (Phi) is 6.08. The normalized spacial score (nSPS) is 17.2. The van der Waals surface area contributed by atoms with Gasteiger partial charge in [-0.05, 0) is 32.4 Å². The Hall–Kier alpha value is -0.480. The average molecular weight is 267 g/mol. The van der Waals surface area contributed by atoms with E-state index in [4.69, 9.17) is 0 Å². The molecule has 0 bridgehead atoms. The second kappa shape index (κ2) is 7.85. The Morgan fingerprint density at radius 2 is 1.83 bits per heavy atom. The molecule has 0 saturated heterocycles. The van der Waals surface area contributed by atoms with Crippen LogP contribution in [0, 0.1) is 5.92 Å². The van der Waals surface area contributed by atoms with E-state index in [2.05, 4.69) is 15.5 Å². The third kappa shape index (κ3) is 4.65. The Balaban J connectivity index is 1.69. The van der Waals surface area contributed by atoms with Crippen molar-refractivity contribution in [1.82, 2.24) is 15.5 Å². The van der Waals surface area contributed by atoms with Gasteiger partial charge in [-0.25, -0.2) is 0 Å². The van der Waals surface area contributed by atoms with Gasteiger partial charge in [0.2, 0.25) is 0 Å². The lowest BCUT2D eigenvalue weighted by Gasteiger charge is -2.20. The summed E-state index contributed by atoms with van der Waals surface area (Å²) < 4.78 is 0. The van der Waals surface area contributed by atoms with E-state index in [-0.39, 0.29) is 0 Å². The fraction of sp³-hybridized carbons (Fsp3) is 0.857. The molecular weight excluding hydrogens is 242 g/mol. The van der Waals surface area contributed by atoms with Crippen LogP contribution < -0.4 is 5.32 Å². The smallest absolute Gasteiger partial charge is 0.117 e. The number of hydrogen-bond donors (Lipinski definition) is 1. The predicted molar refractivity (Wildman–Crippen MR) is 77.1 cm³/mol. The summed E-state index contributed by atoms with van der Waals surface area (Å²) in [5, 5.41) is 14.3. The molecule has 1 fully saturated rings. The summed E-state index contributed by atoms with van der Waals surface area (Å²) >= 11 is 1.82. The summed E-state index contributed by atoms with van der Waals surface area (Å²) in [7, 11) is 2.00. The highest BCUT2D eigenvalue weighted by molar-refractivity contribution is 7.11. The third-order valence-corrected chi connectivity index (χ3v) is 4.86. The van der Waals surface area contributed by atoms with E-state index < -0.39 is 0 Å². The van der Waals surface area contributed by atoms with Gasteiger partial charge in [0.05, 0.1) is 0 Å². The lowest BCUT2D eigenvalue weighted by Crippen LogP contribution is -2.08. The zero-order valence-corrected chi connectivity index (χ0v) is 12.3. The molecule has 0 spiro atoms. The standard InChI is InChI=1S/C14H25N3S/c1-15-11-5-8-13-16-17-14(18-13)10-9-12-6-3-2-4-7-12/h12,15H,2-11H2,1H3. The first-order valence-electron chi connectivity index (χ1n) is 7.34. The van der Waals surface area contributed by atoms with Gasteiger partial charge in [-0.15, -0.1) is 21.5 Å². The van der Waals surface area contributed by atoms with Crippen molar-refractivity contribution in [3.05, 3.63) is 10.0 Å². The van der Waals surface area contributed by atoms with Crippen LogP contribution >= 0.6 is 11.3 Å². The monoisotopic (exact) mass is 267 g/mol.